The fraction of sp³-hybridized carbons (Fsp3) is 0.517. The molecule has 1 saturated heterocycles. The van der Waals surface area contributed by atoms with Gasteiger partial charge in [-0.2, -0.15) is 0 Å². The van der Waals surface area contributed by atoms with Gasteiger partial charge in [-0.05, 0) is 13.0 Å². The fourth-order valence-electron chi connectivity index (χ4n) is 6.38. The minimum atomic E-state index is -1.89. The van der Waals surface area contributed by atoms with Crippen LogP contribution in [0, 0.1) is 0 Å². The Morgan fingerprint density at radius 3 is 2.33 bits per heavy atom. The van der Waals surface area contributed by atoms with Crippen molar-refractivity contribution in [2.45, 2.75) is 68.2 Å². The van der Waals surface area contributed by atoms with Crippen molar-refractivity contribution in [1.29, 1.82) is 0 Å². The molecule has 1 fully saturated rings. The van der Waals surface area contributed by atoms with E-state index in [0.29, 0.717) is 0 Å². The summed E-state index contributed by atoms with van der Waals surface area (Å²) in [6.45, 7) is 1.63. The maximum absolute atomic E-state index is 13.8. The van der Waals surface area contributed by atoms with Crippen LogP contribution in [0.1, 0.15) is 68.8 Å². The third kappa shape index (κ3) is 5.10. The van der Waals surface area contributed by atoms with Crippen molar-refractivity contribution in [3.63, 3.8) is 0 Å². The Morgan fingerprint density at radius 1 is 1.09 bits per heavy atom. The molecule has 3 aliphatic rings. The molecule has 2 aromatic carbocycles. The molecular weight excluding hydrogens is 698 g/mol. The third-order valence-corrected chi connectivity index (χ3v) is 9.43. The summed E-state index contributed by atoms with van der Waals surface area (Å²) in [4.78, 5) is 27.5. The number of aliphatic hydroxyl groups is 2. The van der Waals surface area contributed by atoms with Crippen molar-refractivity contribution >= 4 is 44.5 Å². The first-order valence-corrected chi connectivity index (χ1v) is 14.5. The lowest BCUT2D eigenvalue weighted by atomic mass is 9.70. The normalized spacial score (nSPS) is 28.4. The second-order valence-corrected chi connectivity index (χ2v) is 11.4. The van der Waals surface area contributed by atoms with Gasteiger partial charge in [0.1, 0.15) is 22.8 Å². The van der Waals surface area contributed by atoms with E-state index in [1.165, 1.54) is 33.5 Å². The molecule has 5 rings (SSSR count). The van der Waals surface area contributed by atoms with Gasteiger partial charge < -0.3 is 49.8 Å². The van der Waals surface area contributed by atoms with Crippen LogP contribution in [-0.2, 0) is 25.4 Å². The van der Waals surface area contributed by atoms with Gasteiger partial charge in [0.15, 0.2) is 12.1 Å². The molecule has 236 valence electrons. The number of carbonyl (C=O) groups is 2. The number of fused-ring (bicyclic) bond motifs is 3. The molecule has 6 N–H and O–H groups in total. The lowest BCUT2D eigenvalue weighted by molar-refractivity contribution is -0.306. The lowest BCUT2D eigenvalue weighted by Gasteiger charge is -2.49. The summed E-state index contributed by atoms with van der Waals surface area (Å²) in [6.07, 6.45) is -4.33. The molecule has 1 heterocycles. The molecule has 6 atom stereocenters. The summed E-state index contributed by atoms with van der Waals surface area (Å²) < 4.78 is 28.7. The number of phenols is 2. The van der Waals surface area contributed by atoms with E-state index in [0.717, 1.165) is 0 Å². The SMILES string of the molecule is Br.COc1cccc2c1C(=O)c1c(O)c3c(c(O)c1C2=O)C[C@@](O)(C(CBr)(OC)OC)C[C@@H]3O[C@H]1CC(N)[C@@H](O)[C@H](C)O1. The van der Waals surface area contributed by atoms with E-state index in [1.807, 2.05) is 0 Å². The van der Waals surface area contributed by atoms with E-state index in [2.05, 4.69) is 15.9 Å². The van der Waals surface area contributed by atoms with Crippen LogP contribution in [0.2, 0.25) is 0 Å². The Balaban J connectivity index is 0.00000423. The summed E-state index contributed by atoms with van der Waals surface area (Å²) in [5.41, 5.74) is 3.36. The van der Waals surface area contributed by atoms with Gasteiger partial charge in [0.2, 0.25) is 11.6 Å². The zero-order chi connectivity index (χ0) is 30.7. The highest BCUT2D eigenvalue weighted by atomic mass is 79.9. The van der Waals surface area contributed by atoms with E-state index >= 15 is 0 Å². The third-order valence-electron chi connectivity index (χ3n) is 8.69. The summed E-state index contributed by atoms with van der Waals surface area (Å²) in [6, 6.07) is 3.81. The molecule has 0 aromatic heterocycles. The molecule has 1 unspecified atom stereocenters. The average molecular weight is 733 g/mol. The number of alkyl halides is 1. The fourth-order valence-corrected chi connectivity index (χ4v) is 7.36. The summed E-state index contributed by atoms with van der Waals surface area (Å²) >= 11 is 3.34. The van der Waals surface area contributed by atoms with Gasteiger partial charge in [-0.25, -0.2) is 0 Å². The second kappa shape index (κ2) is 12.3. The van der Waals surface area contributed by atoms with Crippen LogP contribution in [0.5, 0.6) is 17.2 Å². The van der Waals surface area contributed by atoms with Crippen molar-refractivity contribution in [3.8, 4) is 17.2 Å². The van der Waals surface area contributed by atoms with Crippen LogP contribution in [0.4, 0.5) is 0 Å². The number of carbonyl (C=O) groups excluding carboxylic acids is 2. The van der Waals surface area contributed by atoms with Crippen molar-refractivity contribution in [3.05, 3.63) is 51.6 Å². The molecule has 12 nitrogen and oxygen atoms in total. The number of hydrogen-bond acceptors (Lipinski definition) is 12. The lowest BCUT2D eigenvalue weighted by Crippen LogP contribution is -2.61. The standard InChI is InChI=1S/C29H34BrNO11.BrH/c1-12-23(32)15(31)8-18(41-12)42-17-10-28(37,29(11-30,39-3)40-4)9-14-20(17)27(36)22-21(25(14)34)24(33)13-6-5-7-16(38-2)19(13)26(22)35;/h5-7,12,15,17-18,23,32,34,36-37H,8-11,31H2,1-4H3;1H/t12-,15?,17-,18-,23-,28-;/m0./s1. The number of ketones is 2. The van der Waals surface area contributed by atoms with Crippen LogP contribution < -0.4 is 10.5 Å². The van der Waals surface area contributed by atoms with E-state index < -0.39 is 76.2 Å². The van der Waals surface area contributed by atoms with Gasteiger partial charge in [-0.15, -0.1) is 17.0 Å². The van der Waals surface area contributed by atoms with Gasteiger partial charge in [0.05, 0.1) is 47.4 Å². The number of halogens is 2. The number of nitrogens with two attached hydrogens (primary N) is 1. The average Bonchev–Trinajstić information content (AvgIpc) is 2.96. The van der Waals surface area contributed by atoms with E-state index in [4.69, 9.17) is 29.4 Å². The summed E-state index contributed by atoms with van der Waals surface area (Å²) in [5.74, 6) is -4.10. The molecular formula is C29H35Br2NO11. The van der Waals surface area contributed by atoms with Gasteiger partial charge in [0.25, 0.3) is 0 Å². The van der Waals surface area contributed by atoms with Crippen molar-refractivity contribution in [1.82, 2.24) is 0 Å². The first kappa shape index (κ1) is 33.7. The predicted octanol–water partition coefficient (Wildman–Crippen LogP) is 2.40. The topological polar surface area (TPSA) is 187 Å². The second-order valence-electron chi connectivity index (χ2n) is 10.9. The number of phenolic OH excluding ortho intramolecular Hbond substituents is 2. The summed E-state index contributed by atoms with van der Waals surface area (Å²) in [7, 11) is 4.04. The highest BCUT2D eigenvalue weighted by Crippen LogP contribution is 2.54. The minimum Gasteiger partial charge on any atom is -0.507 e. The van der Waals surface area contributed by atoms with Crippen LogP contribution in [0.3, 0.4) is 0 Å². The number of methoxy groups -OCH3 is 3. The van der Waals surface area contributed by atoms with E-state index in [1.54, 1.807) is 13.0 Å². The largest absolute Gasteiger partial charge is 0.507 e. The maximum Gasteiger partial charge on any atom is 0.207 e. The summed E-state index contributed by atoms with van der Waals surface area (Å²) in [5, 5.41) is 45.7. The zero-order valence-electron chi connectivity index (χ0n) is 24.0. The molecule has 43 heavy (non-hydrogen) atoms. The molecule has 0 saturated carbocycles. The Bertz CT molecular complexity index is 1410. The molecule has 14 heteroatoms. The zero-order valence-corrected chi connectivity index (χ0v) is 27.3. The first-order valence-electron chi connectivity index (χ1n) is 13.4. The van der Waals surface area contributed by atoms with Crippen LogP contribution in [0.25, 0.3) is 0 Å². The predicted molar refractivity (Wildman–Crippen MR) is 161 cm³/mol. The first-order chi connectivity index (χ1) is 19.9. The number of benzene rings is 2. The molecule has 0 amide bonds. The Kier molecular flexibility index (Phi) is 9.68. The molecule has 1 aliphatic heterocycles. The van der Waals surface area contributed by atoms with Crippen molar-refractivity contribution in [2.75, 3.05) is 26.7 Å². The number of aromatic hydroxyl groups is 2. The highest BCUT2D eigenvalue weighted by Gasteiger charge is 2.57. The highest BCUT2D eigenvalue weighted by molar-refractivity contribution is 9.09. The Hall–Kier alpha value is -2.14. The van der Waals surface area contributed by atoms with Crippen LogP contribution in [0.15, 0.2) is 18.2 Å². The monoisotopic (exact) mass is 731 g/mol. The molecule has 2 aliphatic carbocycles. The van der Waals surface area contributed by atoms with Crippen molar-refractivity contribution < 1.29 is 53.7 Å². The maximum atomic E-state index is 13.8. The van der Waals surface area contributed by atoms with Crippen molar-refractivity contribution in [2.24, 2.45) is 5.73 Å². The van der Waals surface area contributed by atoms with E-state index in [9.17, 15) is 30.0 Å². The minimum absolute atomic E-state index is 0. The number of ether oxygens (including phenoxy) is 5. The molecule has 0 spiro atoms. The van der Waals surface area contributed by atoms with Gasteiger partial charge in [-0.1, -0.05) is 28.1 Å². The number of hydrogen-bond donors (Lipinski definition) is 5. The van der Waals surface area contributed by atoms with Gasteiger partial charge in [-0.3, -0.25) is 9.59 Å². The van der Waals surface area contributed by atoms with Crippen LogP contribution in [-0.4, -0.2) is 94.6 Å². The molecule has 0 radical (unpaired) electrons. The molecule has 0 bridgehead atoms. The Morgan fingerprint density at radius 2 is 1.74 bits per heavy atom. The quantitative estimate of drug-likeness (QED) is 0.136. The van der Waals surface area contributed by atoms with E-state index in [-0.39, 0.29) is 69.6 Å². The molecule has 2 aromatic rings. The number of aliphatic hydroxyl groups excluding tert-OH is 1. The van der Waals surface area contributed by atoms with Gasteiger partial charge >= 0.3 is 0 Å². The number of rotatable bonds is 7. The smallest absolute Gasteiger partial charge is 0.207 e. The van der Waals surface area contributed by atoms with Gasteiger partial charge in [0, 0.05) is 56.2 Å². The Labute approximate surface area is 266 Å². The van der Waals surface area contributed by atoms with Crippen LogP contribution >= 0.6 is 32.9 Å².